The third-order valence-corrected chi connectivity index (χ3v) is 3.22. The average molecular weight is 344 g/mol. The fourth-order valence-corrected chi connectivity index (χ4v) is 1.97. The summed E-state index contributed by atoms with van der Waals surface area (Å²) in [5.41, 5.74) is 6.30. The summed E-state index contributed by atoms with van der Waals surface area (Å²) in [5, 5.41) is 2.84. The third kappa shape index (κ3) is 6.13. The van der Waals surface area contributed by atoms with E-state index in [0.29, 0.717) is 11.5 Å². The van der Waals surface area contributed by atoms with E-state index in [1.807, 2.05) is 43.0 Å². The summed E-state index contributed by atoms with van der Waals surface area (Å²) in [6.45, 7) is 4.72. The number of rotatable bonds is 6. The molecule has 19 heavy (non-hydrogen) atoms. The van der Waals surface area contributed by atoms with Gasteiger partial charge in [-0.2, -0.15) is 0 Å². The van der Waals surface area contributed by atoms with Gasteiger partial charge < -0.3 is 11.1 Å². The molecular formula is C13H18BrN3OS. The lowest BCUT2D eigenvalue weighted by Crippen LogP contribution is -2.42. The van der Waals surface area contributed by atoms with Gasteiger partial charge in [0.05, 0.1) is 11.5 Å². The highest BCUT2D eigenvalue weighted by Crippen LogP contribution is 2.14. The largest absolute Gasteiger partial charge is 0.392 e. The van der Waals surface area contributed by atoms with Gasteiger partial charge >= 0.3 is 0 Å². The maximum absolute atomic E-state index is 11.9. The van der Waals surface area contributed by atoms with Crippen LogP contribution in [0.15, 0.2) is 28.7 Å². The Bertz CT molecular complexity index is 448. The van der Waals surface area contributed by atoms with Crippen molar-refractivity contribution in [2.45, 2.75) is 19.9 Å². The van der Waals surface area contributed by atoms with Crippen LogP contribution in [-0.4, -0.2) is 34.9 Å². The fourth-order valence-electron chi connectivity index (χ4n) is 1.54. The average Bonchev–Trinajstić information content (AvgIpc) is 2.30. The molecule has 0 aliphatic heterocycles. The molecule has 0 radical (unpaired) electrons. The molecule has 1 amide bonds. The zero-order valence-electron chi connectivity index (χ0n) is 11.0. The molecule has 0 aliphatic rings. The minimum atomic E-state index is -0.0766. The Hall–Kier alpha value is -0.980. The highest BCUT2D eigenvalue weighted by atomic mass is 79.9. The molecule has 1 rings (SSSR count). The van der Waals surface area contributed by atoms with Crippen molar-refractivity contribution in [1.29, 1.82) is 0 Å². The predicted molar refractivity (Wildman–Crippen MR) is 86.3 cm³/mol. The van der Waals surface area contributed by atoms with Crippen molar-refractivity contribution in [3.05, 3.63) is 28.7 Å². The van der Waals surface area contributed by atoms with Crippen LogP contribution in [0.25, 0.3) is 0 Å². The number of thiocarbonyl (C=S) groups is 1. The first kappa shape index (κ1) is 16.1. The molecule has 1 aromatic rings. The SMILES string of the molecule is CC(C)N(CC(=O)Nc1ccc(Br)cc1)CC(N)=S. The first-order valence-corrected chi connectivity index (χ1v) is 7.16. The lowest BCUT2D eigenvalue weighted by molar-refractivity contribution is -0.117. The number of amides is 1. The Labute approximate surface area is 127 Å². The highest BCUT2D eigenvalue weighted by Gasteiger charge is 2.14. The molecule has 6 heteroatoms. The van der Waals surface area contributed by atoms with E-state index in [0.717, 1.165) is 10.2 Å². The van der Waals surface area contributed by atoms with Crippen molar-refractivity contribution in [3.8, 4) is 0 Å². The smallest absolute Gasteiger partial charge is 0.238 e. The van der Waals surface area contributed by atoms with E-state index in [4.69, 9.17) is 18.0 Å². The number of carbonyl (C=O) groups is 1. The van der Waals surface area contributed by atoms with Gasteiger partial charge in [0.2, 0.25) is 5.91 Å². The summed E-state index contributed by atoms with van der Waals surface area (Å²) >= 11 is 8.24. The molecule has 0 unspecified atom stereocenters. The zero-order valence-corrected chi connectivity index (χ0v) is 13.4. The molecule has 0 aliphatic carbocycles. The maximum Gasteiger partial charge on any atom is 0.238 e. The lowest BCUT2D eigenvalue weighted by Gasteiger charge is -2.25. The summed E-state index contributed by atoms with van der Waals surface area (Å²) in [5.74, 6) is -0.0766. The van der Waals surface area contributed by atoms with Crippen LogP contribution in [0.1, 0.15) is 13.8 Å². The summed E-state index contributed by atoms with van der Waals surface area (Å²) in [6, 6.07) is 7.65. The first-order chi connectivity index (χ1) is 8.88. The Morgan fingerprint density at radius 3 is 2.42 bits per heavy atom. The first-order valence-electron chi connectivity index (χ1n) is 5.96. The Balaban J connectivity index is 2.57. The van der Waals surface area contributed by atoms with Crippen LogP contribution in [0, 0.1) is 0 Å². The van der Waals surface area contributed by atoms with Crippen LogP contribution in [-0.2, 0) is 4.79 Å². The zero-order chi connectivity index (χ0) is 14.4. The van der Waals surface area contributed by atoms with Crippen molar-refractivity contribution < 1.29 is 4.79 Å². The van der Waals surface area contributed by atoms with Crippen LogP contribution < -0.4 is 11.1 Å². The van der Waals surface area contributed by atoms with Crippen molar-refractivity contribution in [2.75, 3.05) is 18.4 Å². The summed E-state index contributed by atoms with van der Waals surface area (Å²) in [4.78, 5) is 14.3. The van der Waals surface area contributed by atoms with Gasteiger partial charge in [-0.3, -0.25) is 9.69 Å². The predicted octanol–water partition coefficient (Wildman–Crippen LogP) is 2.38. The van der Waals surface area contributed by atoms with Gasteiger partial charge in [-0.15, -0.1) is 0 Å². The fraction of sp³-hybridized carbons (Fsp3) is 0.385. The number of nitrogens with one attached hydrogen (secondary N) is 1. The molecule has 0 heterocycles. The van der Waals surface area contributed by atoms with Crippen molar-refractivity contribution in [1.82, 2.24) is 4.90 Å². The number of benzene rings is 1. The minimum absolute atomic E-state index is 0.0766. The number of carbonyl (C=O) groups excluding carboxylic acids is 1. The van der Waals surface area contributed by atoms with E-state index in [1.165, 1.54) is 0 Å². The Kier molecular flexibility index (Phi) is 6.41. The molecule has 0 atom stereocenters. The number of halogens is 1. The van der Waals surface area contributed by atoms with Crippen molar-refractivity contribution >= 4 is 44.7 Å². The van der Waals surface area contributed by atoms with Gasteiger partial charge in [0.25, 0.3) is 0 Å². The number of hydrogen-bond acceptors (Lipinski definition) is 3. The monoisotopic (exact) mass is 343 g/mol. The number of hydrogen-bond donors (Lipinski definition) is 2. The van der Waals surface area contributed by atoms with Gasteiger partial charge in [0.15, 0.2) is 0 Å². The molecule has 0 fully saturated rings. The van der Waals surface area contributed by atoms with Crippen LogP contribution in [0.2, 0.25) is 0 Å². The Morgan fingerprint density at radius 1 is 1.37 bits per heavy atom. The minimum Gasteiger partial charge on any atom is -0.392 e. The maximum atomic E-state index is 11.9. The van der Waals surface area contributed by atoms with Crippen LogP contribution in [0.4, 0.5) is 5.69 Å². The number of nitrogens with zero attached hydrogens (tertiary/aromatic N) is 1. The van der Waals surface area contributed by atoms with Crippen molar-refractivity contribution in [3.63, 3.8) is 0 Å². The lowest BCUT2D eigenvalue weighted by atomic mass is 10.3. The van der Waals surface area contributed by atoms with Crippen molar-refractivity contribution in [2.24, 2.45) is 5.73 Å². The van der Waals surface area contributed by atoms with Gasteiger partial charge in [-0.1, -0.05) is 28.1 Å². The summed E-state index contributed by atoms with van der Waals surface area (Å²) in [7, 11) is 0. The number of anilines is 1. The molecule has 3 N–H and O–H groups in total. The summed E-state index contributed by atoms with van der Waals surface area (Å²) < 4.78 is 0.975. The van der Waals surface area contributed by atoms with Gasteiger partial charge in [-0.05, 0) is 38.1 Å². The second kappa shape index (κ2) is 7.57. The second-order valence-corrected chi connectivity index (χ2v) is 5.96. The van der Waals surface area contributed by atoms with Crippen LogP contribution >= 0.6 is 28.1 Å². The Morgan fingerprint density at radius 2 is 1.95 bits per heavy atom. The molecule has 0 bridgehead atoms. The van der Waals surface area contributed by atoms with Crippen LogP contribution in [0.5, 0.6) is 0 Å². The normalized spacial score (nSPS) is 10.8. The topological polar surface area (TPSA) is 58.4 Å². The van der Waals surface area contributed by atoms with Gasteiger partial charge in [0.1, 0.15) is 0 Å². The van der Waals surface area contributed by atoms with E-state index in [-0.39, 0.29) is 18.5 Å². The standard InChI is InChI=1S/C13H18BrN3OS/c1-9(2)17(7-12(15)19)8-13(18)16-11-5-3-10(14)4-6-11/h3-6,9H,7-8H2,1-2H3,(H2,15,19)(H,16,18). The molecule has 4 nitrogen and oxygen atoms in total. The van der Waals surface area contributed by atoms with Crippen LogP contribution in [0.3, 0.4) is 0 Å². The second-order valence-electron chi connectivity index (χ2n) is 4.52. The molecule has 1 aromatic carbocycles. The highest BCUT2D eigenvalue weighted by molar-refractivity contribution is 9.10. The molecule has 0 aromatic heterocycles. The summed E-state index contributed by atoms with van der Waals surface area (Å²) in [6.07, 6.45) is 0. The van der Waals surface area contributed by atoms with E-state index in [2.05, 4.69) is 21.2 Å². The van der Waals surface area contributed by atoms with E-state index in [9.17, 15) is 4.79 Å². The number of nitrogens with two attached hydrogens (primary N) is 1. The molecule has 0 saturated heterocycles. The molecular weight excluding hydrogens is 326 g/mol. The molecule has 0 spiro atoms. The third-order valence-electron chi connectivity index (χ3n) is 2.56. The van der Waals surface area contributed by atoms with Gasteiger partial charge in [-0.25, -0.2) is 0 Å². The van der Waals surface area contributed by atoms with E-state index < -0.39 is 0 Å². The van der Waals surface area contributed by atoms with E-state index >= 15 is 0 Å². The quantitative estimate of drug-likeness (QED) is 0.778. The van der Waals surface area contributed by atoms with E-state index in [1.54, 1.807) is 0 Å². The molecule has 104 valence electrons. The molecule has 0 saturated carbocycles. The van der Waals surface area contributed by atoms with Gasteiger partial charge in [0, 0.05) is 22.7 Å².